The Morgan fingerprint density at radius 1 is 0.767 bits per heavy atom. The number of benzene rings is 2. The van der Waals surface area contributed by atoms with Gasteiger partial charge in [0, 0.05) is 23.8 Å². The first kappa shape index (κ1) is 24.5. The van der Waals surface area contributed by atoms with E-state index in [0.717, 1.165) is 23.6 Å². The molecule has 0 bridgehead atoms. The van der Waals surface area contributed by atoms with Crippen LogP contribution in [0.1, 0.15) is 61.3 Å². The Morgan fingerprint density at radius 3 is 1.43 bits per heavy atom. The predicted octanol–water partition coefficient (Wildman–Crippen LogP) is 5.61. The molecule has 2 rings (SSSR count). The fourth-order valence-corrected chi connectivity index (χ4v) is 4.01. The number of hydrogen-bond acceptors (Lipinski definition) is 2. The monoisotopic (exact) mass is 450 g/mol. The SMILES string of the molecule is CC(C)C[C@@H](CCl)NC(=O)c1cc2ccccc2cc1C(=O)N[C@H](CCl)CC(C)C. The number of carbonyl (C=O) groups excluding carboxylic acids is 2. The highest BCUT2D eigenvalue weighted by atomic mass is 35.5. The molecule has 6 heteroatoms. The average Bonchev–Trinajstić information content (AvgIpc) is 2.70. The van der Waals surface area contributed by atoms with Crippen LogP contribution in [0.4, 0.5) is 0 Å². The number of carbonyl (C=O) groups is 2. The van der Waals surface area contributed by atoms with Crippen LogP contribution in [0.2, 0.25) is 0 Å². The molecule has 0 spiro atoms. The number of amides is 2. The Morgan fingerprint density at radius 2 is 1.13 bits per heavy atom. The molecule has 0 heterocycles. The molecule has 2 aromatic carbocycles. The van der Waals surface area contributed by atoms with Gasteiger partial charge in [0.05, 0.1) is 11.1 Å². The molecular weight excluding hydrogens is 419 g/mol. The van der Waals surface area contributed by atoms with E-state index in [-0.39, 0.29) is 23.9 Å². The van der Waals surface area contributed by atoms with Gasteiger partial charge in [0.15, 0.2) is 0 Å². The summed E-state index contributed by atoms with van der Waals surface area (Å²) in [5.41, 5.74) is 0.700. The average molecular weight is 451 g/mol. The second kappa shape index (κ2) is 11.6. The largest absolute Gasteiger partial charge is 0.348 e. The molecule has 0 saturated heterocycles. The molecular formula is C24H32Cl2N2O2. The first-order valence-electron chi connectivity index (χ1n) is 10.5. The van der Waals surface area contributed by atoms with Crippen LogP contribution in [-0.4, -0.2) is 35.7 Å². The summed E-state index contributed by atoms with van der Waals surface area (Å²) in [6.45, 7) is 8.34. The Bertz CT molecular complexity index is 797. The molecule has 30 heavy (non-hydrogen) atoms. The zero-order valence-electron chi connectivity index (χ0n) is 18.2. The van der Waals surface area contributed by atoms with Gasteiger partial charge in [-0.15, -0.1) is 23.2 Å². The van der Waals surface area contributed by atoms with Crippen LogP contribution in [-0.2, 0) is 0 Å². The summed E-state index contributed by atoms with van der Waals surface area (Å²) < 4.78 is 0. The van der Waals surface area contributed by atoms with Crippen molar-refractivity contribution in [2.75, 3.05) is 11.8 Å². The smallest absolute Gasteiger partial charge is 0.252 e. The van der Waals surface area contributed by atoms with Crippen molar-refractivity contribution in [2.24, 2.45) is 11.8 Å². The molecule has 0 unspecified atom stereocenters. The Kier molecular flexibility index (Phi) is 9.44. The molecule has 2 amide bonds. The van der Waals surface area contributed by atoms with Crippen LogP contribution in [0.3, 0.4) is 0 Å². The van der Waals surface area contributed by atoms with Gasteiger partial charge in [-0.05, 0) is 47.6 Å². The molecule has 0 fully saturated rings. The lowest BCUT2D eigenvalue weighted by molar-refractivity contribution is 0.0901. The Balaban J connectivity index is 2.39. The summed E-state index contributed by atoms with van der Waals surface area (Å²) in [6, 6.07) is 10.9. The molecule has 2 atom stereocenters. The molecule has 0 aromatic heterocycles. The van der Waals surface area contributed by atoms with E-state index in [1.165, 1.54) is 0 Å². The van der Waals surface area contributed by atoms with E-state index in [2.05, 4.69) is 38.3 Å². The van der Waals surface area contributed by atoms with Crippen molar-refractivity contribution in [3.8, 4) is 0 Å². The van der Waals surface area contributed by atoms with Crippen molar-refractivity contribution in [2.45, 2.75) is 52.6 Å². The third kappa shape index (κ3) is 6.88. The van der Waals surface area contributed by atoms with Gasteiger partial charge in [0.1, 0.15) is 0 Å². The summed E-state index contributed by atoms with van der Waals surface area (Å²) in [6.07, 6.45) is 1.54. The fraction of sp³-hybridized carbons (Fsp3) is 0.500. The van der Waals surface area contributed by atoms with Gasteiger partial charge in [-0.2, -0.15) is 0 Å². The van der Waals surface area contributed by atoms with Crippen molar-refractivity contribution in [3.63, 3.8) is 0 Å². The minimum absolute atomic E-state index is 0.155. The maximum atomic E-state index is 13.1. The molecule has 0 saturated carbocycles. The van der Waals surface area contributed by atoms with Gasteiger partial charge >= 0.3 is 0 Å². The zero-order chi connectivity index (χ0) is 22.3. The summed E-state index contributed by atoms with van der Waals surface area (Å²) in [7, 11) is 0. The number of hydrogen-bond donors (Lipinski definition) is 2. The molecule has 2 aromatic rings. The standard InChI is InChI=1S/C24H32Cl2N2O2/c1-15(2)9-19(13-25)27-23(29)21-11-17-7-5-6-8-18(17)12-22(21)24(30)28-20(14-26)10-16(3)4/h5-8,11-12,15-16,19-20H,9-10,13-14H2,1-4H3,(H,27,29)(H,28,30)/t19-,20-/m0/s1. The highest BCUT2D eigenvalue weighted by Crippen LogP contribution is 2.22. The first-order valence-corrected chi connectivity index (χ1v) is 11.6. The van der Waals surface area contributed by atoms with E-state index in [1.54, 1.807) is 12.1 Å². The Labute approximate surface area is 189 Å². The Hall–Kier alpha value is -1.78. The highest BCUT2D eigenvalue weighted by molar-refractivity contribution is 6.19. The minimum Gasteiger partial charge on any atom is -0.348 e. The van der Waals surface area contributed by atoms with Crippen LogP contribution in [0.25, 0.3) is 10.8 Å². The van der Waals surface area contributed by atoms with Crippen molar-refractivity contribution >= 4 is 45.8 Å². The van der Waals surface area contributed by atoms with E-state index in [9.17, 15) is 9.59 Å². The van der Waals surface area contributed by atoms with Gasteiger partial charge in [-0.1, -0.05) is 52.0 Å². The maximum Gasteiger partial charge on any atom is 0.252 e. The fourth-order valence-electron chi connectivity index (χ4n) is 3.60. The van der Waals surface area contributed by atoms with Gasteiger partial charge in [0.25, 0.3) is 11.8 Å². The lowest BCUT2D eigenvalue weighted by Crippen LogP contribution is -2.40. The quantitative estimate of drug-likeness (QED) is 0.462. The number of rotatable bonds is 10. The number of alkyl halides is 2. The van der Waals surface area contributed by atoms with Crippen molar-refractivity contribution in [1.82, 2.24) is 10.6 Å². The van der Waals surface area contributed by atoms with Crippen LogP contribution in [0.5, 0.6) is 0 Å². The molecule has 0 aliphatic carbocycles. The van der Waals surface area contributed by atoms with Gasteiger partial charge in [-0.3, -0.25) is 9.59 Å². The third-order valence-electron chi connectivity index (χ3n) is 4.93. The predicted molar refractivity (Wildman–Crippen MR) is 127 cm³/mol. The van der Waals surface area contributed by atoms with Gasteiger partial charge < -0.3 is 10.6 Å². The molecule has 164 valence electrons. The van der Waals surface area contributed by atoms with E-state index >= 15 is 0 Å². The topological polar surface area (TPSA) is 58.2 Å². The molecule has 0 aliphatic rings. The van der Waals surface area contributed by atoms with Crippen LogP contribution in [0, 0.1) is 11.8 Å². The lowest BCUT2D eigenvalue weighted by atomic mass is 9.98. The summed E-state index contributed by atoms with van der Waals surface area (Å²) >= 11 is 12.1. The number of nitrogens with one attached hydrogen (secondary N) is 2. The summed E-state index contributed by atoms with van der Waals surface area (Å²) in [5.74, 6) is 0.860. The van der Waals surface area contributed by atoms with E-state index in [1.807, 2.05) is 24.3 Å². The highest BCUT2D eigenvalue weighted by Gasteiger charge is 2.23. The van der Waals surface area contributed by atoms with Crippen LogP contribution < -0.4 is 10.6 Å². The lowest BCUT2D eigenvalue weighted by Gasteiger charge is -2.21. The third-order valence-corrected chi connectivity index (χ3v) is 5.67. The number of fused-ring (bicyclic) bond motifs is 1. The molecule has 0 radical (unpaired) electrons. The van der Waals surface area contributed by atoms with Crippen molar-refractivity contribution in [3.05, 3.63) is 47.5 Å². The maximum absolute atomic E-state index is 13.1. The van der Waals surface area contributed by atoms with E-state index < -0.39 is 0 Å². The second-order valence-corrected chi connectivity index (χ2v) is 9.27. The second-order valence-electron chi connectivity index (χ2n) is 8.65. The molecule has 0 aliphatic heterocycles. The van der Waals surface area contributed by atoms with Crippen LogP contribution >= 0.6 is 23.2 Å². The van der Waals surface area contributed by atoms with Crippen LogP contribution in [0.15, 0.2) is 36.4 Å². The number of halogens is 2. The molecule has 4 nitrogen and oxygen atoms in total. The van der Waals surface area contributed by atoms with Crippen molar-refractivity contribution < 1.29 is 9.59 Å². The normalized spacial score (nSPS) is 13.5. The van der Waals surface area contributed by atoms with Crippen molar-refractivity contribution in [1.29, 1.82) is 0 Å². The van der Waals surface area contributed by atoms with Gasteiger partial charge in [-0.25, -0.2) is 0 Å². The van der Waals surface area contributed by atoms with E-state index in [4.69, 9.17) is 23.2 Å². The zero-order valence-corrected chi connectivity index (χ0v) is 19.7. The summed E-state index contributed by atoms with van der Waals surface area (Å²) in [5, 5.41) is 7.80. The molecule has 2 N–H and O–H groups in total. The minimum atomic E-state index is -0.288. The summed E-state index contributed by atoms with van der Waals surface area (Å²) in [4.78, 5) is 26.2. The van der Waals surface area contributed by atoms with Gasteiger partial charge in [0.2, 0.25) is 0 Å². The van der Waals surface area contributed by atoms with E-state index in [0.29, 0.717) is 34.7 Å². The first-order chi connectivity index (χ1) is 14.2.